The summed E-state index contributed by atoms with van der Waals surface area (Å²) in [6.45, 7) is 3.35. The van der Waals surface area contributed by atoms with Crippen molar-refractivity contribution in [1.82, 2.24) is 0 Å². The first-order valence-corrected chi connectivity index (χ1v) is 17.7. The number of hydrogen-bond donors (Lipinski definition) is 2. The molecule has 0 saturated carbocycles. The van der Waals surface area contributed by atoms with Gasteiger partial charge < -0.3 is 38.6 Å². The molecular weight excluding hydrogens is 720 g/mol. The molecule has 0 heterocycles. The number of ether oxygens (including phenoxy) is 6. The van der Waals surface area contributed by atoms with E-state index in [0.717, 1.165) is 0 Å². The summed E-state index contributed by atoms with van der Waals surface area (Å²) < 4.78 is 35.1. The van der Waals surface area contributed by atoms with E-state index >= 15 is 0 Å². The minimum absolute atomic E-state index is 0.0579. The van der Waals surface area contributed by atoms with Crippen molar-refractivity contribution in [2.75, 3.05) is 28.4 Å². The van der Waals surface area contributed by atoms with Crippen LogP contribution in [0.1, 0.15) is 45.7 Å². The summed E-state index contributed by atoms with van der Waals surface area (Å²) in [6, 6.07) is 19.3. The summed E-state index contributed by atoms with van der Waals surface area (Å²) in [5.41, 5.74) is 0.0862. The zero-order valence-corrected chi connectivity index (χ0v) is 31.5. The maximum absolute atomic E-state index is 14.0. The Balaban J connectivity index is 1.64. The zero-order chi connectivity index (χ0) is 40.0. The van der Waals surface area contributed by atoms with Gasteiger partial charge in [-0.1, -0.05) is 36.4 Å². The Labute approximate surface area is 320 Å². The minimum Gasteiger partial charge on any atom is -0.504 e. The van der Waals surface area contributed by atoms with E-state index < -0.39 is 46.5 Å². The summed E-state index contributed by atoms with van der Waals surface area (Å²) >= 11 is 0. The van der Waals surface area contributed by atoms with Crippen LogP contribution >= 0.6 is 0 Å². The highest BCUT2D eigenvalue weighted by molar-refractivity contribution is 6.38. The predicted octanol–water partition coefficient (Wildman–Crippen LogP) is 6.92. The summed E-state index contributed by atoms with van der Waals surface area (Å²) in [7, 11) is 5.43. The van der Waals surface area contributed by atoms with Gasteiger partial charge in [-0.05, 0) is 48.9 Å². The van der Waals surface area contributed by atoms with Crippen LogP contribution in [0.2, 0.25) is 0 Å². The molecule has 0 aliphatic heterocycles. The molecule has 7 aromatic carbocycles. The topological polar surface area (TPSA) is 164 Å². The predicted molar refractivity (Wildman–Crippen MR) is 211 cm³/mol. The summed E-state index contributed by atoms with van der Waals surface area (Å²) in [5, 5.41) is 25.3. The fraction of sp³-hybridized carbons (Fsp3) is 0.227. The highest BCUT2D eigenvalue weighted by atomic mass is 16.5. The van der Waals surface area contributed by atoms with E-state index in [0.29, 0.717) is 43.8 Å². The van der Waals surface area contributed by atoms with E-state index in [9.17, 15) is 29.4 Å². The monoisotopic (exact) mass is 758 g/mol. The van der Waals surface area contributed by atoms with Crippen molar-refractivity contribution in [2.45, 2.75) is 38.9 Å². The van der Waals surface area contributed by atoms with Gasteiger partial charge in [0, 0.05) is 57.6 Å². The third-order valence-electron chi connectivity index (χ3n) is 10.0. The maximum atomic E-state index is 14.0. The normalized spacial score (nSPS) is 12.5. The van der Waals surface area contributed by atoms with E-state index in [1.807, 2.05) is 0 Å². The number of hydrogen-bond acceptors (Lipinski definition) is 12. The van der Waals surface area contributed by atoms with E-state index in [1.165, 1.54) is 40.6 Å². The van der Waals surface area contributed by atoms with Crippen molar-refractivity contribution >= 4 is 55.0 Å². The van der Waals surface area contributed by atoms with Gasteiger partial charge in [-0.25, -0.2) is 9.59 Å². The fourth-order valence-electron chi connectivity index (χ4n) is 7.79. The first-order valence-electron chi connectivity index (χ1n) is 17.7. The molecule has 56 heavy (non-hydrogen) atoms. The van der Waals surface area contributed by atoms with Gasteiger partial charge in [-0.2, -0.15) is 0 Å². The highest BCUT2D eigenvalue weighted by Gasteiger charge is 2.34. The molecule has 286 valence electrons. The molecular formula is C44H38O12. The molecule has 0 aromatic heterocycles. The standard InChI is InChI=1S/C44H38O12/c1-21(55-43(49)23-13-9-7-10-14-23)17-25-31-32-26(18-22(2)56-44(50)24-15-11-8-12-16-24)42(54-6)40(48)34-28(46)20-30(52-4)36(38(32)34)35-29(51-3)19-27(45)33(37(31)35)39(47)41(25)53-5/h7-16,19-22,47-48H,17-18H2,1-6H3/t21-,22-/m1/s1. The van der Waals surface area contributed by atoms with Crippen molar-refractivity contribution in [1.29, 1.82) is 0 Å². The van der Waals surface area contributed by atoms with Crippen LogP contribution in [0.4, 0.5) is 0 Å². The SMILES string of the molecule is COc1c(O)c2c(=O)cc(OC)c3c4c(OC)cc(=O)c5c(O)c(OC)c(C[C@@H](C)OC(=O)c6ccccc6)c(c(c1C[C@@H](C)OC(=O)c1ccccc1)c23)c54. The van der Waals surface area contributed by atoms with E-state index in [1.54, 1.807) is 74.5 Å². The number of benzene rings is 7. The average molecular weight is 759 g/mol. The Hall–Kier alpha value is -6.82. The molecule has 0 bridgehead atoms. The number of esters is 2. The lowest BCUT2D eigenvalue weighted by Gasteiger charge is -2.26. The van der Waals surface area contributed by atoms with Gasteiger partial charge >= 0.3 is 11.9 Å². The van der Waals surface area contributed by atoms with Gasteiger partial charge in [0.15, 0.2) is 33.9 Å². The second-order valence-electron chi connectivity index (χ2n) is 13.4. The third kappa shape index (κ3) is 6.03. The van der Waals surface area contributed by atoms with Crippen LogP contribution in [-0.4, -0.2) is 62.8 Å². The van der Waals surface area contributed by atoms with Gasteiger partial charge in [0.2, 0.25) is 0 Å². The van der Waals surface area contributed by atoms with E-state index in [4.69, 9.17) is 28.4 Å². The third-order valence-corrected chi connectivity index (χ3v) is 10.0. The van der Waals surface area contributed by atoms with Gasteiger partial charge in [0.1, 0.15) is 23.7 Å². The molecule has 0 amide bonds. The summed E-state index contributed by atoms with van der Waals surface area (Å²) in [5.74, 6) is -2.05. The van der Waals surface area contributed by atoms with Crippen LogP contribution < -0.4 is 29.8 Å². The maximum Gasteiger partial charge on any atom is 0.338 e. The van der Waals surface area contributed by atoms with Crippen LogP contribution in [-0.2, 0) is 22.3 Å². The quantitative estimate of drug-likeness (QED) is 0.0753. The molecule has 7 aromatic rings. The Morgan fingerprint density at radius 3 is 1.20 bits per heavy atom. The lowest BCUT2D eigenvalue weighted by Crippen LogP contribution is -2.20. The number of methoxy groups -OCH3 is 4. The lowest BCUT2D eigenvalue weighted by molar-refractivity contribution is 0.0331. The number of aromatic hydroxyl groups is 2. The molecule has 2 atom stereocenters. The number of rotatable bonds is 12. The number of phenolic OH excluding ortho intramolecular Hbond substituents is 2. The van der Waals surface area contributed by atoms with Crippen LogP contribution in [0, 0.1) is 0 Å². The smallest absolute Gasteiger partial charge is 0.338 e. The minimum atomic E-state index is -0.837. The van der Waals surface area contributed by atoms with E-state index in [-0.39, 0.29) is 57.4 Å². The zero-order valence-electron chi connectivity index (χ0n) is 31.5. The largest absolute Gasteiger partial charge is 0.504 e. The second-order valence-corrected chi connectivity index (χ2v) is 13.4. The number of phenols is 2. The van der Waals surface area contributed by atoms with Gasteiger partial charge in [0.25, 0.3) is 0 Å². The van der Waals surface area contributed by atoms with Crippen LogP contribution in [0.15, 0.2) is 82.4 Å². The van der Waals surface area contributed by atoms with Crippen LogP contribution in [0.3, 0.4) is 0 Å². The Morgan fingerprint density at radius 1 is 0.518 bits per heavy atom. The van der Waals surface area contributed by atoms with Gasteiger partial charge in [-0.3, -0.25) is 9.59 Å². The summed E-state index contributed by atoms with van der Waals surface area (Å²) in [6.07, 6.45) is -1.79. The van der Waals surface area contributed by atoms with E-state index in [2.05, 4.69) is 0 Å². The van der Waals surface area contributed by atoms with Gasteiger partial charge in [-0.15, -0.1) is 0 Å². The molecule has 0 aliphatic carbocycles. The first-order chi connectivity index (χ1) is 26.9. The van der Waals surface area contributed by atoms with Crippen molar-refractivity contribution in [3.63, 3.8) is 0 Å². The molecule has 0 fully saturated rings. The number of fused-ring (bicyclic) bond motifs is 2. The molecule has 0 radical (unpaired) electrons. The molecule has 12 nitrogen and oxygen atoms in total. The van der Waals surface area contributed by atoms with Crippen molar-refractivity contribution in [3.8, 4) is 34.5 Å². The molecule has 2 N–H and O–H groups in total. The molecule has 0 unspecified atom stereocenters. The highest BCUT2D eigenvalue weighted by Crippen LogP contribution is 2.55. The Morgan fingerprint density at radius 2 is 0.875 bits per heavy atom. The number of carbonyl (C=O) groups excluding carboxylic acids is 2. The molecule has 7 rings (SSSR count). The Bertz CT molecular complexity index is 2570. The Kier molecular flexibility index (Phi) is 9.90. The van der Waals surface area contributed by atoms with Crippen molar-refractivity contribution in [2.24, 2.45) is 0 Å². The van der Waals surface area contributed by atoms with Crippen molar-refractivity contribution in [3.05, 3.63) is 115 Å². The molecule has 0 aliphatic rings. The van der Waals surface area contributed by atoms with Gasteiger partial charge in [0.05, 0.1) is 50.3 Å². The molecule has 0 spiro atoms. The molecule has 12 heteroatoms. The fourth-order valence-corrected chi connectivity index (χ4v) is 7.79. The molecule has 0 saturated heterocycles. The van der Waals surface area contributed by atoms with Crippen LogP contribution in [0.5, 0.6) is 34.5 Å². The lowest BCUT2D eigenvalue weighted by atomic mass is 9.81. The van der Waals surface area contributed by atoms with Crippen molar-refractivity contribution < 1.29 is 48.2 Å². The van der Waals surface area contributed by atoms with Crippen LogP contribution in [0.25, 0.3) is 43.1 Å². The first kappa shape index (κ1) is 37.5. The summed E-state index contributed by atoms with van der Waals surface area (Å²) in [4.78, 5) is 54.5. The number of carbonyl (C=O) groups is 2. The average Bonchev–Trinajstić information content (AvgIpc) is 3.19. The second kappa shape index (κ2) is 14.8.